The molecule has 1 aromatic heterocycles. The van der Waals surface area contributed by atoms with Gasteiger partial charge in [-0.1, -0.05) is 35.6 Å². The number of nitrogens with zero attached hydrogens (tertiary/aromatic N) is 1. The van der Waals surface area contributed by atoms with Crippen molar-refractivity contribution in [3.63, 3.8) is 0 Å². The van der Waals surface area contributed by atoms with E-state index < -0.39 is 11.7 Å². The van der Waals surface area contributed by atoms with Crippen molar-refractivity contribution in [1.29, 1.82) is 0 Å². The number of hydrogen-bond acceptors (Lipinski definition) is 3. The molecular formula is C18H17F3N2OS. The molecule has 1 heterocycles. The Hall–Kier alpha value is -2.12. The van der Waals surface area contributed by atoms with Gasteiger partial charge in [-0.3, -0.25) is 9.36 Å². The zero-order valence-electron chi connectivity index (χ0n) is 13.3. The van der Waals surface area contributed by atoms with E-state index in [1.807, 2.05) is 24.3 Å². The Morgan fingerprint density at radius 1 is 1.04 bits per heavy atom. The van der Waals surface area contributed by atoms with E-state index in [1.54, 1.807) is 4.57 Å². The van der Waals surface area contributed by atoms with Gasteiger partial charge < -0.3 is 5.32 Å². The minimum absolute atomic E-state index is 0.0314. The van der Waals surface area contributed by atoms with Crippen LogP contribution in [0.4, 0.5) is 13.2 Å². The molecule has 0 radical (unpaired) electrons. The Morgan fingerprint density at radius 3 is 2.48 bits per heavy atom. The van der Waals surface area contributed by atoms with E-state index in [0.717, 1.165) is 34.3 Å². The lowest BCUT2D eigenvalue weighted by atomic mass is 10.1. The molecule has 0 aliphatic carbocycles. The number of thiazole rings is 1. The van der Waals surface area contributed by atoms with Crippen LogP contribution in [0.5, 0.6) is 0 Å². The number of aryl methyl sites for hydroxylation is 1. The van der Waals surface area contributed by atoms with Crippen molar-refractivity contribution >= 4 is 21.6 Å². The van der Waals surface area contributed by atoms with Crippen molar-refractivity contribution in [1.82, 2.24) is 9.88 Å². The molecule has 0 aliphatic heterocycles. The largest absolute Gasteiger partial charge is 0.416 e. The van der Waals surface area contributed by atoms with Crippen LogP contribution in [0.25, 0.3) is 10.2 Å². The summed E-state index contributed by atoms with van der Waals surface area (Å²) in [7, 11) is 0. The second-order valence-corrected chi connectivity index (χ2v) is 6.71. The molecule has 7 heteroatoms. The van der Waals surface area contributed by atoms with Crippen molar-refractivity contribution in [2.45, 2.75) is 25.7 Å². The number of para-hydroxylation sites is 1. The monoisotopic (exact) mass is 366 g/mol. The lowest BCUT2D eigenvalue weighted by molar-refractivity contribution is -0.137. The topological polar surface area (TPSA) is 34.0 Å². The van der Waals surface area contributed by atoms with Gasteiger partial charge >= 0.3 is 11.0 Å². The smallest absolute Gasteiger partial charge is 0.313 e. The van der Waals surface area contributed by atoms with Gasteiger partial charge in [-0.25, -0.2) is 0 Å². The third-order valence-corrected chi connectivity index (χ3v) is 4.88. The van der Waals surface area contributed by atoms with Gasteiger partial charge in [0.1, 0.15) is 0 Å². The van der Waals surface area contributed by atoms with Gasteiger partial charge in [-0.15, -0.1) is 0 Å². The van der Waals surface area contributed by atoms with Crippen LogP contribution >= 0.6 is 11.3 Å². The highest BCUT2D eigenvalue weighted by molar-refractivity contribution is 7.16. The summed E-state index contributed by atoms with van der Waals surface area (Å²) in [6.07, 6.45) is -3.54. The van der Waals surface area contributed by atoms with Crippen LogP contribution in [-0.2, 0) is 19.3 Å². The summed E-state index contributed by atoms with van der Waals surface area (Å²) in [5.74, 6) is 0. The van der Waals surface area contributed by atoms with Crippen LogP contribution in [0.1, 0.15) is 17.5 Å². The number of nitrogens with one attached hydrogen (secondary N) is 1. The second-order valence-electron chi connectivity index (χ2n) is 5.71. The summed E-state index contributed by atoms with van der Waals surface area (Å²) < 4.78 is 40.3. The molecule has 0 saturated heterocycles. The summed E-state index contributed by atoms with van der Waals surface area (Å²) in [4.78, 5) is 12.0. The predicted molar refractivity (Wildman–Crippen MR) is 93.9 cm³/mol. The molecule has 3 nitrogen and oxygen atoms in total. The number of rotatable bonds is 6. The first-order valence-corrected chi connectivity index (χ1v) is 8.72. The van der Waals surface area contributed by atoms with E-state index in [-0.39, 0.29) is 4.87 Å². The molecule has 0 amide bonds. The lowest BCUT2D eigenvalue weighted by Gasteiger charge is -2.09. The van der Waals surface area contributed by atoms with Gasteiger partial charge in [0.05, 0.1) is 15.8 Å². The summed E-state index contributed by atoms with van der Waals surface area (Å²) >= 11 is 1.24. The minimum Gasteiger partial charge on any atom is -0.313 e. The molecule has 1 N–H and O–H groups in total. The molecule has 25 heavy (non-hydrogen) atoms. The average Bonchev–Trinajstić information content (AvgIpc) is 2.90. The first kappa shape index (κ1) is 17.7. The molecular weight excluding hydrogens is 349 g/mol. The van der Waals surface area contributed by atoms with E-state index in [1.165, 1.54) is 23.5 Å². The van der Waals surface area contributed by atoms with E-state index in [4.69, 9.17) is 0 Å². The molecule has 132 valence electrons. The van der Waals surface area contributed by atoms with Crippen LogP contribution in [0, 0.1) is 0 Å². The number of aromatic nitrogens is 1. The Labute approximate surface area is 146 Å². The number of alkyl halides is 3. The number of fused-ring (bicyclic) bond motifs is 1. The first-order valence-electron chi connectivity index (χ1n) is 7.90. The highest BCUT2D eigenvalue weighted by Gasteiger charge is 2.29. The quantitative estimate of drug-likeness (QED) is 0.662. The van der Waals surface area contributed by atoms with E-state index in [2.05, 4.69) is 5.32 Å². The van der Waals surface area contributed by atoms with Gasteiger partial charge in [-0.2, -0.15) is 13.2 Å². The Morgan fingerprint density at radius 2 is 1.76 bits per heavy atom. The van der Waals surface area contributed by atoms with Gasteiger partial charge in [0.15, 0.2) is 0 Å². The fourth-order valence-electron chi connectivity index (χ4n) is 2.63. The van der Waals surface area contributed by atoms with Crippen LogP contribution < -0.4 is 10.2 Å². The van der Waals surface area contributed by atoms with Crippen LogP contribution in [-0.4, -0.2) is 11.1 Å². The van der Waals surface area contributed by atoms with Crippen LogP contribution in [0.15, 0.2) is 53.3 Å². The Bertz CT molecular complexity index is 897. The fraction of sp³-hybridized carbons (Fsp3) is 0.278. The molecule has 0 saturated carbocycles. The SMILES string of the molecule is O=c1sc2ccccc2n1CCCNCc1ccc(C(F)(F)F)cc1. The van der Waals surface area contributed by atoms with Crippen LogP contribution in [0.2, 0.25) is 0 Å². The molecule has 0 bridgehead atoms. The minimum atomic E-state index is -4.30. The van der Waals surface area contributed by atoms with Crippen molar-refractivity contribution in [2.24, 2.45) is 0 Å². The molecule has 0 fully saturated rings. The van der Waals surface area contributed by atoms with Crippen molar-refractivity contribution < 1.29 is 13.2 Å². The maximum Gasteiger partial charge on any atom is 0.416 e. The van der Waals surface area contributed by atoms with Crippen molar-refractivity contribution in [2.75, 3.05) is 6.54 Å². The molecule has 0 atom stereocenters. The molecule has 3 rings (SSSR count). The third kappa shape index (κ3) is 4.29. The van der Waals surface area contributed by atoms with Gasteiger partial charge in [-0.05, 0) is 42.8 Å². The highest BCUT2D eigenvalue weighted by atomic mass is 32.1. The van der Waals surface area contributed by atoms with Crippen LogP contribution in [0.3, 0.4) is 0 Å². The molecule has 0 spiro atoms. The van der Waals surface area contributed by atoms with Gasteiger partial charge in [0.2, 0.25) is 0 Å². The molecule has 0 unspecified atom stereocenters. The fourth-order valence-corrected chi connectivity index (χ4v) is 3.55. The summed E-state index contributed by atoms with van der Waals surface area (Å²) in [5, 5.41) is 3.20. The summed E-state index contributed by atoms with van der Waals surface area (Å²) in [5.41, 5.74) is 1.10. The molecule has 0 aliphatic rings. The predicted octanol–water partition coefficient (Wildman–Crippen LogP) is 4.26. The zero-order chi connectivity index (χ0) is 17.9. The summed E-state index contributed by atoms with van der Waals surface area (Å²) in [6.45, 7) is 1.79. The second kappa shape index (κ2) is 7.41. The third-order valence-electron chi connectivity index (χ3n) is 3.92. The van der Waals surface area contributed by atoms with E-state index in [0.29, 0.717) is 19.6 Å². The van der Waals surface area contributed by atoms with Crippen molar-refractivity contribution in [3.05, 3.63) is 69.3 Å². The van der Waals surface area contributed by atoms with E-state index >= 15 is 0 Å². The number of halogens is 3. The standard InChI is InChI=1S/C18H17F3N2OS/c19-18(20,21)14-8-6-13(7-9-14)12-22-10-3-11-23-15-4-1-2-5-16(15)25-17(23)24/h1-2,4-9,22H,3,10-12H2. The normalized spacial score (nSPS) is 12.0. The first-order chi connectivity index (χ1) is 11.9. The summed E-state index contributed by atoms with van der Waals surface area (Å²) in [6, 6.07) is 12.8. The Kier molecular flexibility index (Phi) is 5.24. The Balaban J connectivity index is 1.49. The molecule has 2 aromatic carbocycles. The van der Waals surface area contributed by atoms with Gasteiger partial charge in [0.25, 0.3) is 0 Å². The number of benzene rings is 2. The highest BCUT2D eigenvalue weighted by Crippen LogP contribution is 2.29. The average molecular weight is 366 g/mol. The maximum absolute atomic E-state index is 12.5. The molecule has 3 aromatic rings. The zero-order valence-corrected chi connectivity index (χ0v) is 14.2. The van der Waals surface area contributed by atoms with E-state index in [9.17, 15) is 18.0 Å². The lowest BCUT2D eigenvalue weighted by Crippen LogP contribution is -2.19. The van der Waals surface area contributed by atoms with Gasteiger partial charge in [0, 0.05) is 13.1 Å². The number of hydrogen-bond donors (Lipinski definition) is 1. The van der Waals surface area contributed by atoms with Crippen molar-refractivity contribution in [3.8, 4) is 0 Å². The maximum atomic E-state index is 12.5.